The number of hydrogen-bond acceptors (Lipinski definition) is 2. The van der Waals surface area contributed by atoms with Gasteiger partial charge in [-0.15, -0.1) is 0 Å². The zero-order chi connectivity index (χ0) is 13.5. The van der Waals surface area contributed by atoms with Gasteiger partial charge in [0.1, 0.15) is 4.99 Å². The van der Waals surface area contributed by atoms with Gasteiger partial charge in [-0.25, -0.2) is 0 Å². The van der Waals surface area contributed by atoms with Crippen molar-refractivity contribution >= 4 is 22.9 Å². The molecule has 1 aromatic rings. The lowest BCUT2D eigenvalue weighted by Crippen LogP contribution is -2.19. The van der Waals surface area contributed by atoms with E-state index in [-0.39, 0.29) is 0 Å². The van der Waals surface area contributed by atoms with E-state index in [1.807, 2.05) is 12.1 Å². The van der Waals surface area contributed by atoms with Gasteiger partial charge >= 0.3 is 0 Å². The van der Waals surface area contributed by atoms with Crippen LogP contribution in [0.1, 0.15) is 50.7 Å². The lowest BCUT2D eigenvalue weighted by molar-refractivity contribution is 0.615. The highest BCUT2D eigenvalue weighted by Gasteiger charge is 2.08. The molecule has 1 aromatic carbocycles. The van der Waals surface area contributed by atoms with E-state index in [0.29, 0.717) is 11.0 Å². The SMILES string of the molecule is CCCCCC(C)Nc1cc(C)ccc1C(N)=S. The lowest BCUT2D eigenvalue weighted by atomic mass is 10.1. The van der Waals surface area contributed by atoms with Gasteiger partial charge in [-0.2, -0.15) is 0 Å². The van der Waals surface area contributed by atoms with Gasteiger partial charge in [0.05, 0.1) is 0 Å². The van der Waals surface area contributed by atoms with E-state index in [9.17, 15) is 0 Å². The molecule has 0 aromatic heterocycles. The van der Waals surface area contributed by atoms with Gasteiger partial charge in [0.2, 0.25) is 0 Å². The minimum Gasteiger partial charge on any atom is -0.389 e. The number of hydrogen-bond donors (Lipinski definition) is 2. The molecular weight excluding hydrogens is 240 g/mol. The monoisotopic (exact) mass is 264 g/mol. The first-order valence-electron chi connectivity index (χ1n) is 6.71. The van der Waals surface area contributed by atoms with Crippen LogP contribution in [0.3, 0.4) is 0 Å². The molecule has 0 amide bonds. The molecule has 1 unspecified atom stereocenters. The summed E-state index contributed by atoms with van der Waals surface area (Å²) >= 11 is 5.09. The Labute approximate surface area is 116 Å². The van der Waals surface area contributed by atoms with Crippen LogP contribution in [0.15, 0.2) is 18.2 Å². The second-order valence-corrected chi connectivity index (χ2v) is 5.39. The summed E-state index contributed by atoms with van der Waals surface area (Å²) < 4.78 is 0. The highest BCUT2D eigenvalue weighted by Crippen LogP contribution is 2.19. The smallest absolute Gasteiger partial charge is 0.106 e. The minimum absolute atomic E-state index is 0.450. The van der Waals surface area contributed by atoms with Gasteiger partial charge in [-0.1, -0.05) is 44.5 Å². The largest absolute Gasteiger partial charge is 0.389 e. The summed E-state index contributed by atoms with van der Waals surface area (Å²) in [5, 5.41) is 3.52. The van der Waals surface area contributed by atoms with Crippen LogP contribution in [0.2, 0.25) is 0 Å². The molecule has 0 saturated carbocycles. The van der Waals surface area contributed by atoms with Crippen molar-refractivity contribution in [3.63, 3.8) is 0 Å². The van der Waals surface area contributed by atoms with Crippen LogP contribution >= 0.6 is 12.2 Å². The van der Waals surface area contributed by atoms with E-state index in [0.717, 1.165) is 11.3 Å². The molecule has 0 fully saturated rings. The summed E-state index contributed by atoms with van der Waals surface area (Å²) in [4.78, 5) is 0.457. The second-order valence-electron chi connectivity index (χ2n) is 4.95. The third kappa shape index (κ3) is 4.65. The van der Waals surface area contributed by atoms with E-state index < -0.39 is 0 Å². The Kier molecular flexibility index (Phi) is 6.13. The molecule has 0 saturated heterocycles. The highest BCUT2D eigenvalue weighted by molar-refractivity contribution is 7.80. The quantitative estimate of drug-likeness (QED) is 0.577. The fraction of sp³-hybridized carbons (Fsp3) is 0.533. The van der Waals surface area contributed by atoms with Crippen molar-refractivity contribution in [1.29, 1.82) is 0 Å². The zero-order valence-corrected chi connectivity index (χ0v) is 12.4. The van der Waals surface area contributed by atoms with E-state index in [4.69, 9.17) is 18.0 Å². The maximum atomic E-state index is 5.75. The molecule has 3 N–H and O–H groups in total. The molecule has 0 aliphatic carbocycles. The van der Waals surface area contributed by atoms with Crippen LogP contribution in [0.5, 0.6) is 0 Å². The summed E-state index contributed by atoms with van der Waals surface area (Å²) in [7, 11) is 0. The molecule has 18 heavy (non-hydrogen) atoms. The van der Waals surface area contributed by atoms with Gasteiger partial charge in [-0.05, 0) is 38.0 Å². The van der Waals surface area contributed by atoms with Gasteiger partial charge in [0, 0.05) is 17.3 Å². The molecule has 3 heteroatoms. The Morgan fingerprint density at radius 2 is 2.11 bits per heavy atom. The zero-order valence-electron chi connectivity index (χ0n) is 11.6. The molecule has 100 valence electrons. The molecule has 2 nitrogen and oxygen atoms in total. The molecule has 0 aliphatic rings. The summed E-state index contributed by atoms with van der Waals surface area (Å²) in [5.41, 5.74) is 8.98. The number of unbranched alkanes of at least 4 members (excludes halogenated alkanes) is 2. The molecule has 0 spiro atoms. The van der Waals surface area contributed by atoms with Crippen LogP contribution in [0.4, 0.5) is 5.69 Å². The van der Waals surface area contributed by atoms with Gasteiger partial charge < -0.3 is 11.1 Å². The van der Waals surface area contributed by atoms with Crippen LogP contribution in [-0.4, -0.2) is 11.0 Å². The first-order chi connectivity index (χ1) is 8.54. The number of benzene rings is 1. The molecule has 0 aliphatic heterocycles. The second kappa shape index (κ2) is 7.37. The predicted octanol–water partition coefficient (Wildman–Crippen LogP) is 4.01. The Balaban J connectivity index is 2.70. The Morgan fingerprint density at radius 1 is 1.39 bits per heavy atom. The maximum Gasteiger partial charge on any atom is 0.106 e. The van der Waals surface area contributed by atoms with Crippen LogP contribution in [0, 0.1) is 6.92 Å². The van der Waals surface area contributed by atoms with E-state index in [2.05, 4.69) is 32.2 Å². The molecular formula is C15H24N2S. The van der Waals surface area contributed by atoms with Crippen LogP contribution in [0.25, 0.3) is 0 Å². The number of anilines is 1. The number of rotatable bonds is 7. The normalized spacial score (nSPS) is 12.2. The first kappa shape index (κ1) is 15.0. The van der Waals surface area contributed by atoms with Crippen molar-refractivity contribution < 1.29 is 0 Å². The third-order valence-corrected chi connectivity index (χ3v) is 3.30. The number of nitrogens with two attached hydrogens (primary N) is 1. The minimum atomic E-state index is 0.450. The summed E-state index contributed by atoms with van der Waals surface area (Å²) in [6.07, 6.45) is 4.99. The molecule has 0 heterocycles. The Bertz CT molecular complexity index is 401. The Morgan fingerprint density at radius 3 is 2.72 bits per heavy atom. The van der Waals surface area contributed by atoms with E-state index >= 15 is 0 Å². The maximum absolute atomic E-state index is 5.75. The van der Waals surface area contributed by atoms with E-state index in [1.165, 1.54) is 31.2 Å². The lowest BCUT2D eigenvalue weighted by Gasteiger charge is -2.18. The van der Waals surface area contributed by atoms with Gasteiger partial charge in [0.15, 0.2) is 0 Å². The number of aryl methyl sites for hydroxylation is 1. The third-order valence-electron chi connectivity index (χ3n) is 3.08. The average Bonchev–Trinajstić information content (AvgIpc) is 2.29. The van der Waals surface area contributed by atoms with Crippen molar-refractivity contribution in [2.45, 2.75) is 52.5 Å². The van der Waals surface area contributed by atoms with Crippen molar-refractivity contribution in [2.24, 2.45) is 5.73 Å². The van der Waals surface area contributed by atoms with Crippen LogP contribution in [-0.2, 0) is 0 Å². The molecule has 0 radical (unpaired) electrons. The Hall–Kier alpha value is -1.09. The van der Waals surface area contributed by atoms with Crippen molar-refractivity contribution in [3.05, 3.63) is 29.3 Å². The summed E-state index contributed by atoms with van der Waals surface area (Å²) in [6, 6.07) is 6.61. The fourth-order valence-corrected chi connectivity index (χ4v) is 2.21. The predicted molar refractivity (Wildman–Crippen MR) is 84.3 cm³/mol. The van der Waals surface area contributed by atoms with Crippen LogP contribution < -0.4 is 11.1 Å². The highest BCUT2D eigenvalue weighted by atomic mass is 32.1. The van der Waals surface area contributed by atoms with Gasteiger partial charge in [0.25, 0.3) is 0 Å². The summed E-state index contributed by atoms with van der Waals surface area (Å²) in [6.45, 7) is 6.52. The van der Waals surface area contributed by atoms with E-state index in [1.54, 1.807) is 0 Å². The first-order valence-corrected chi connectivity index (χ1v) is 7.12. The molecule has 1 atom stereocenters. The standard InChI is InChI=1S/C15H24N2S/c1-4-5-6-7-12(3)17-14-10-11(2)8-9-13(14)15(16)18/h8-10,12,17H,4-7H2,1-3H3,(H2,16,18). The van der Waals surface area contributed by atoms with Gasteiger partial charge in [-0.3, -0.25) is 0 Å². The average molecular weight is 264 g/mol. The topological polar surface area (TPSA) is 38.0 Å². The summed E-state index contributed by atoms with van der Waals surface area (Å²) in [5.74, 6) is 0. The van der Waals surface area contributed by atoms with Crippen molar-refractivity contribution in [2.75, 3.05) is 5.32 Å². The molecule has 1 rings (SSSR count). The number of thiocarbonyl (C=S) groups is 1. The van der Waals surface area contributed by atoms with Crippen molar-refractivity contribution in [1.82, 2.24) is 0 Å². The molecule has 0 bridgehead atoms. The van der Waals surface area contributed by atoms with Crippen molar-refractivity contribution in [3.8, 4) is 0 Å². The fourth-order valence-electron chi connectivity index (χ4n) is 2.03. The number of nitrogens with one attached hydrogen (secondary N) is 1.